The number of rotatable bonds is 2. The summed E-state index contributed by atoms with van der Waals surface area (Å²) in [5.41, 5.74) is 1.30. The molecule has 0 unspecified atom stereocenters. The minimum absolute atomic E-state index is 0.106. The molecule has 148 valence electrons. The zero-order valence-electron chi connectivity index (χ0n) is 15.9. The Hall–Kier alpha value is -2.31. The number of thioether (sulfide) groups is 1. The molecule has 2 aliphatic heterocycles. The molecule has 1 saturated carbocycles. The van der Waals surface area contributed by atoms with Crippen LogP contribution in [0, 0.1) is 0 Å². The van der Waals surface area contributed by atoms with E-state index in [1.165, 1.54) is 18.2 Å². The van der Waals surface area contributed by atoms with Gasteiger partial charge < -0.3 is 0 Å². The Morgan fingerprint density at radius 1 is 1.07 bits per heavy atom. The Balaban J connectivity index is 1.53. The van der Waals surface area contributed by atoms with E-state index in [0.717, 1.165) is 41.8 Å². The summed E-state index contributed by atoms with van der Waals surface area (Å²) in [5.74, 6) is 0.603. The second-order valence-corrected chi connectivity index (χ2v) is 9.01. The largest absolute Gasteiger partial charge is 0.298 e. The summed E-state index contributed by atoms with van der Waals surface area (Å²) >= 11 is 7.50. The van der Waals surface area contributed by atoms with Gasteiger partial charge in [0.15, 0.2) is 10.8 Å². The molecular weight excluding hydrogens is 404 g/mol. The van der Waals surface area contributed by atoms with Crippen LogP contribution in [0.2, 0.25) is 5.02 Å². The predicted molar refractivity (Wildman–Crippen MR) is 117 cm³/mol. The highest BCUT2D eigenvalue weighted by Crippen LogP contribution is 2.39. The van der Waals surface area contributed by atoms with Crippen LogP contribution in [0.25, 0.3) is 5.70 Å². The first kappa shape index (κ1) is 18.7. The van der Waals surface area contributed by atoms with Gasteiger partial charge in [-0.25, -0.2) is 5.01 Å². The monoisotopic (exact) mass is 424 g/mol. The zero-order chi connectivity index (χ0) is 19.8. The Morgan fingerprint density at radius 3 is 2.62 bits per heavy atom. The highest BCUT2D eigenvalue weighted by molar-refractivity contribution is 8.13. The molecule has 7 heteroatoms. The number of para-hydroxylation sites is 1. The van der Waals surface area contributed by atoms with E-state index in [-0.39, 0.29) is 5.91 Å². The van der Waals surface area contributed by atoms with Crippen molar-refractivity contribution in [2.45, 2.75) is 43.5 Å². The van der Waals surface area contributed by atoms with E-state index in [1.807, 2.05) is 53.5 Å². The highest BCUT2D eigenvalue weighted by Gasteiger charge is 2.45. The maximum atomic E-state index is 13.1. The van der Waals surface area contributed by atoms with Crippen LogP contribution in [-0.2, 0) is 10.5 Å². The number of hydrogen-bond acceptors (Lipinski definition) is 5. The van der Waals surface area contributed by atoms with Crippen LogP contribution < -0.4 is 15.9 Å². The predicted octanol–water partition coefficient (Wildman–Crippen LogP) is 3.38. The third-order valence-electron chi connectivity index (χ3n) is 5.66. The van der Waals surface area contributed by atoms with E-state index in [1.54, 1.807) is 0 Å². The lowest BCUT2D eigenvalue weighted by Gasteiger charge is -2.45. The minimum atomic E-state index is -0.453. The van der Waals surface area contributed by atoms with Crippen LogP contribution in [0.3, 0.4) is 0 Å². The average Bonchev–Trinajstić information content (AvgIpc) is 2.74. The summed E-state index contributed by atoms with van der Waals surface area (Å²) in [4.78, 5) is 18.3. The fraction of sp³-hybridized carbons (Fsp3) is 0.318. The van der Waals surface area contributed by atoms with E-state index >= 15 is 0 Å². The molecule has 2 aromatic carbocycles. The summed E-state index contributed by atoms with van der Waals surface area (Å²) in [6.45, 7) is 0. The number of nitrogens with one attached hydrogen (secondary N) is 1. The Morgan fingerprint density at radius 2 is 1.83 bits per heavy atom. The number of halogens is 1. The summed E-state index contributed by atoms with van der Waals surface area (Å²) < 4.78 is 0. The second-order valence-electron chi connectivity index (χ2n) is 7.61. The molecule has 5 rings (SSSR count). The van der Waals surface area contributed by atoms with Crippen LogP contribution in [0.5, 0.6) is 0 Å². The molecule has 0 bridgehead atoms. The van der Waals surface area contributed by atoms with Crippen molar-refractivity contribution in [3.8, 4) is 0 Å². The third-order valence-corrected chi connectivity index (χ3v) is 6.85. The van der Waals surface area contributed by atoms with Crippen LogP contribution in [0.15, 0.2) is 58.6 Å². The first-order valence-corrected chi connectivity index (χ1v) is 11.3. The third kappa shape index (κ3) is 3.45. The average molecular weight is 425 g/mol. The smallest absolute Gasteiger partial charge is 0.276 e. The van der Waals surface area contributed by atoms with Crippen molar-refractivity contribution >= 4 is 40.1 Å². The number of hydrogen-bond donors (Lipinski definition) is 1. The molecule has 0 atom stereocenters. The van der Waals surface area contributed by atoms with Gasteiger partial charge in [-0.15, -0.1) is 5.10 Å². The van der Waals surface area contributed by atoms with Gasteiger partial charge in [-0.2, -0.15) is 0 Å². The van der Waals surface area contributed by atoms with Crippen molar-refractivity contribution in [1.82, 2.24) is 10.3 Å². The summed E-state index contributed by atoms with van der Waals surface area (Å²) in [6.07, 6.45) is 5.23. The van der Waals surface area contributed by atoms with Gasteiger partial charge in [0.1, 0.15) is 5.70 Å². The lowest BCUT2D eigenvalue weighted by atomic mass is 9.87. The van der Waals surface area contributed by atoms with E-state index in [9.17, 15) is 4.79 Å². The zero-order valence-corrected chi connectivity index (χ0v) is 17.5. The van der Waals surface area contributed by atoms with Gasteiger partial charge in [-0.05, 0) is 49.4 Å². The summed E-state index contributed by atoms with van der Waals surface area (Å²) in [6, 6.07) is 15.6. The van der Waals surface area contributed by atoms with Crippen LogP contribution in [0.1, 0.15) is 37.7 Å². The molecule has 3 aliphatic rings. The van der Waals surface area contributed by atoms with E-state index in [0.29, 0.717) is 21.6 Å². The van der Waals surface area contributed by atoms with Crippen molar-refractivity contribution < 1.29 is 4.79 Å². The number of carbonyl (C=O) groups is 1. The first-order chi connectivity index (χ1) is 14.1. The molecule has 5 nitrogen and oxygen atoms in total. The molecule has 0 radical (unpaired) electrons. The minimum Gasteiger partial charge on any atom is -0.298 e. The van der Waals surface area contributed by atoms with Crippen LogP contribution in [-0.4, -0.2) is 21.7 Å². The van der Waals surface area contributed by atoms with E-state index in [4.69, 9.17) is 21.7 Å². The van der Waals surface area contributed by atoms with Gasteiger partial charge in [0.25, 0.3) is 5.91 Å². The maximum absolute atomic E-state index is 13.1. The van der Waals surface area contributed by atoms with Gasteiger partial charge in [-0.3, -0.25) is 15.1 Å². The quantitative estimate of drug-likeness (QED) is 0.804. The molecule has 0 aromatic heterocycles. The van der Waals surface area contributed by atoms with Crippen molar-refractivity contribution in [2.75, 3.05) is 0 Å². The molecule has 1 aliphatic carbocycles. The van der Waals surface area contributed by atoms with Gasteiger partial charge in [-0.1, -0.05) is 60.1 Å². The normalized spacial score (nSPS) is 19.8. The van der Waals surface area contributed by atoms with Crippen molar-refractivity contribution in [2.24, 2.45) is 10.1 Å². The Labute approximate surface area is 178 Å². The molecule has 1 spiro atoms. The van der Waals surface area contributed by atoms with Gasteiger partial charge in [0.2, 0.25) is 0 Å². The fourth-order valence-electron chi connectivity index (χ4n) is 4.24. The fourth-order valence-corrected chi connectivity index (χ4v) is 5.16. The standard InChI is InChI=1S/C22H21ClN4OS/c23-16-10-8-15(9-11-16)14-29-21-24-20(28)19-17-6-2-3-7-18(17)25-22(27(19)26-21)12-4-1-5-13-22/h2-3,6-11H,1,4-5,12-14H2,(H,24,26,28). The van der Waals surface area contributed by atoms with Crippen LogP contribution in [0.4, 0.5) is 0 Å². The van der Waals surface area contributed by atoms with Gasteiger partial charge in [0.05, 0.1) is 5.36 Å². The Kier molecular flexibility index (Phi) is 4.84. The number of carbonyl (C=O) groups excluding carboxylic acids is 1. The SMILES string of the molecule is O=C1NC(SCc2ccc(Cl)cc2)=NN2C1=c1ccccc1=NC21CCCCC1. The highest BCUT2D eigenvalue weighted by atomic mass is 35.5. The topological polar surface area (TPSA) is 57.1 Å². The molecule has 1 N–H and O–H groups in total. The second kappa shape index (κ2) is 7.50. The molecule has 1 amide bonds. The van der Waals surface area contributed by atoms with Gasteiger partial charge in [0, 0.05) is 16.0 Å². The lowest BCUT2D eigenvalue weighted by molar-refractivity contribution is -0.116. The summed E-state index contributed by atoms with van der Waals surface area (Å²) in [7, 11) is 0. The number of amides is 1. The summed E-state index contributed by atoms with van der Waals surface area (Å²) in [5, 5.41) is 12.9. The maximum Gasteiger partial charge on any atom is 0.276 e. The first-order valence-electron chi connectivity index (χ1n) is 9.91. The van der Waals surface area contributed by atoms with Gasteiger partial charge >= 0.3 is 0 Å². The number of nitrogens with zero attached hydrogens (tertiary/aromatic N) is 3. The number of hydrazone groups is 1. The number of benzene rings is 2. The lowest BCUT2D eigenvalue weighted by Crippen LogP contribution is -2.59. The molecule has 2 heterocycles. The molecule has 2 aromatic rings. The number of fused-ring (bicyclic) bond motifs is 3. The molecule has 0 saturated heterocycles. The number of amidine groups is 1. The molecular formula is C22H21ClN4OS. The van der Waals surface area contributed by atoms with Crippen molar-refractivity contribution in [1.29, 1.82) is 0 Å². The Bertz CT molecular complexity index is 1110. The van der Waals surface area contributed by atoms with E-state index in [2.05, 4.69) is 5.32 Å². The van der Waals surface area contributed by atoms with Crippen molar-refractivity contribution in [3.63, 3.8) is 0 Å². The molecule has 1 fully saturated rings. The van der Waals surface area contributed by atoms with Crippen LogP contribution >= 0.6 is 23.4 Å². The molecule has 29 heavy (non-hydrogen) atoms. The van der Waals surface area contributed by atoms with Crippen molar-refractivity contribution in [3.05, 3.63) is 69.7 Å². The van der Waals surface area contributed by atoms with E-state index < -0.39 is 5.66 Å².